The van der Waals surface area contributed by atoms with E-state index in [1.165, 1.54) is 23.8 Å². The molecule has 0 spiro atoms. The fourth-order valence-corrected chi connectivity index (χ4v) is 4.27. The average Bonchev–Trinajstić information content (AvgIpc) is 3.24. The number of nitriles is 1. The van der Waals surface area contributed by atoms with Crippen molar-refractivity contribution >= 4 is 49.7 Å². The van der Waals surface area contributed by atoms with Gasteiger partial charge in [0.25, 0.3) is 0 Å². The van der Waals surface area contributed by atoms with Crippen LogP contribution in [0.4, 0.5) is 0 Å². The smallest absolute Gasteiger partial charge is 0.172 e. The molecule has 4 rings (SSSR count). The summed E-state index contributed by atoms with van der Waals surface area (Å²) in [7, 11) is 1.48. The van der Waals surface area contributed by atoms with Crippen LogP contribution in [0.2, 0.25) is 0 Å². The standard InChI is InChI=1S/C23H15BrN2O2S/c1-28-21-10-14(9-19(24)22(21)27)8-18(12-25)23-26-20(13-29-23)17-7-6-15-4-2-3-5-16(15)11-17/h2-11,13,27H,1H3. The molecule has 0 fully saturated rings. The zero-order valence-electron chi connectivity index (χ0n) is 15.4. The summed E-state index contributed by atoms with van der Waals surface area (Å²) in [5.74, 6) is 0.356. The summed E-state index contributed by atoms with van der Waals surface area (Å²) in [6.45, 7) is 0. The summed E-state index contributed by atoms with van der Waals surface area (Å²) in [4.78, 5) is 4.67. The van der Waals surface area contributed by atoms with Crippen molar-refractivity contribution in [1.82, 2.24) is 4.98 Å². The van der Waals surface area contributed by atoms with Crippen molar-refractivity contribution in [1.29, 1.82) is 5.26 Å². The summed E-state index contributed by atoms with van der Waals surface area (Å²) < 4.78 is 5.68. The van der Waals surface area contributed by atoms with Crippen LogP contribution in [0, 0.1) is 11.3 Å². The van der Waals surface area contributed by atoms with Gasteiger partial charge in [-0.05, 0) is 56.5 Å². The van der Waals surface area contributed by atoms with Crippen molar-refractivity contribution in [3.8, 4) is 28.8 Å². The van der Waals surface area contributed by atoms with Gasteiger partial charge >= 0.3 is 0 Å². The first-order valence-electron chi connectivity index (χ1n) is 8.72. The van der Waals surface area contributed by atoms with Crippen LogP contribution in [0.15, 0.2) is 64.5 Å². The van der Waals surface area contributed by atoms with Crippen LogP contribution in [0.25, 0.3) is 33.7 Å². The predicted octanol–water partition coefficient (Wildman–Crippen LogP) is 6.50. The van der Waals surface area contributed by atoms with Gasteiger partial charge in [0.05, 0.1) is 22.8 Å². The lowest BCUT2D eigenvalue weighted by Crippen LogP contribution is -1.87. The second-order valence-corrected chi connectivity index (χ2v) is 8.04. The largest absolute Gasteiger partial charge is 0.503 e. The van der Waals surface area contributed by atoms with Gasteiger partial charge in [-0.15, -0.1) is 11.3 Å². The lowest BCUT2D eigenvalue weighted by atomic mass is 10.1. The minimum atomic E-state index is 0.0241. The number of hydrogen-bond acceptors (Lipinski definition) is 5. The number of halogens is 1. The van der Waals surface area contributed by atoms with Gasteiger partial charge in [-0.1, -0.05) is 36.4 Å². The highest BCUT2D eigenvalue weighted by molar-refractivity contribution is 9.10. The fraction of sp³-hybridized carbons (Fsp3) is 0.0435. The maximum atomic E-state index is 9.97. The van der Waals surface area contributed by atoms with E-state index in [9.17, 15) is 10.4 Å². The Morgan fingerprint density at radius 1 is 1.17 bits per heavy atom. The molecule has 0 radical (unpaired) electrons. The summed E-state index contributed by atoms with van der Waals surface area (Å²) in [6, 6.07) is 20.0. The molecule has 0 aliphatic carbocycles. The summed E-state index contributed by atoms with van der Waals surface area (Å²) in [5.41, 5.74) is 3.02. The quantitative estimate of drug-likeness (QED) is 0.351. The minimum Gasteiger partial charge on any atom is -0.503 e. The van der Waals surface area contributed by atoms with Crippen LogP contribution in [-0.4, -0.2) is 17.2 Å². The van der Waals surface area contributed by atoms with Crippen molar-refractivity contribution < 1.29 is 9.84 Å². The molecule has 0 amide bonds. The number of benzene rings is 3. The highest BCUT2D eigenvalue weighted by Gasteiger charge is 2.12. The van der Waals surface area contributed by atoms with E-state index in [-0.39, 0.29) is 5.75 Å². The molecule has 1 N–H and O–H groups in total. The topological polar surface area (TPSA) is 66.1 Å². The Morgan fingerprint density at radius 3 is 2.72 bits per heavy atom. The van der Waals surface area contributed by atoms with E-state index in [1.54, 1.807) is 18.2 Å². The van der Waals surface area contributed by atoms with Gasteiger partial charge in [0, 0.05) is 10.9 Å². The van der Waals surface area contributed by atoms with Crippen molar-refractivity contribution in [3.63, 3.8) is 0 Å². The Balaban J connectivity index is 1.71. The number of methoxy groups -OCH3 is 1. The first-order chi connectivity index (χ1) is 14.1. The van der Waals surface area contributed by atoms with Crippen molar-refractivity contribution in [3.05, 3.63) is 75.0 Å². The second-order valence-electron chi connectivity index (χ2n) is 6.32. The van der Waals surface area contributed by atoms with Crippen LogP contribution < -0.4 is 4.74 Å². The number of fused-ring (bicyclic) bond motifs is 1. The van der Waals surface area contributed by atoms with Crippen LogP contribution in [-0.2, 0) is 0 Å². The number of phenols is 1. The predicted molar refractivity (Wildman–Crippen MR) is 121 cm³/mol. The van der Waals surface area contributed by atoms with Crippen LogP contribution in [0.3, 0.4) is 0 Å². The van der Waals surface area contributed by atoms with Crippen molar-refractivity contribution in [2.45, 2.75) is 0 Å². The molecular weight excluding hydrogens is 448 g/mol. The Labute approximate surface area is 180 Å². The molecule has 0 saturated heterocycles. The number of thiazole rings is 1. The molecule has 4 nitrogen and oxygen atoms in total. The monoisotopic (exact) mass is 462 g/mol. The first-order valence-corrected chi connectivity index (χ1v) is 10.4. The zero-order valence-corrected chi connectivity index (χ0v) is 17.8. The van der Waals surface area contributed by atoms with E-state index in [4.69, 9.17) is 4.74 Å². The van der Waals surface area contributed by atoms with Gasteiger partial charge in [0.1, 0.15) is 11.1 Å². The van der Waals surface area contributed by atoms with Gasteiger partial charge in [-0.3, -0.25) is 0 Å². The van der Waals surface area contributed by atoms with E-state index >= 15 is 0 Å². The summed E-state index contributed by atoms with van der Waals surface area (Å²) in [6.07, 6.45) is 1.73. The highest BCUT2D eigenvalue weighted by Crippen LogP contribution is 2.36. The minimum absolute atomic E-state index is 0.0241. The van der Waals surface area contributed by atoms with Crippen LogP contribution >= 0.6 is 27.3 Å². The second kappa shape index (κ2) is 8.08. The third kappa shape index (κ3) is 3.88. The Kier molecular flexibility index (Phi) is 5.34. The molecule has 0 aliphatic rings. The Morgan fingerprint density at radius 2 is 1.97 bits per heavy atom. The molecule has 6 heteroatoms. The normalized spacial score (nSPS) is 11.4. The lowest BCUT2D eigenvalue weighted by Gasteiger charge is -2.06. The maximum Gasteiger partial charge on any atom is 0.172 e. The third-order valence-corrected chi connectivity index (χ3v) is 5.96. The van der Waals surface area contributed by atoms with E-state index in [0.717, 1.165) is 22.2 Å². The molecule has 0 aliphatic heterocycles. The molecular formula is C23H15BrN2O2S. The van der Waals surface area contributed by atoms with Gasteiger partial charge in [0.15, 0.2) is 11.5 Å². The van der Waals surface area contributed by atoms with E-state index < -0.39 is 0 Å². The SMILES string of the molecule is COc1cc(C=C(C#N)c2nc(-c3ccc4ccccc4c3)cs2)cc(Br)c1O. The van der Waals surface area contributed by atoms with Gasteiger partial charge < -0.3 is 9.84 Å². The zero-order chi connectivity index (χ0) is 20.4. The van der Waals surface area contributed by atoms with Crippen LogP contribution in [0.5, 0.6) is 11.5 Å². The third-order valence-electron chi connectivity index (χ3n) is 4.48. The molecule has 1 aromatic heterocycles. The van der Waals surface area contributed by atoms with Gasteiger partial charge in [-0.2, -0.15) is 5.26 Å². The molecule has 29 heavy (non-hydrogen) atoms. The molecule has 0 unspecified atom stereocenters. The maximum absolute atomic E-state index is 9.97. The van der Waals surface area contributed by atoms with E-state index in [0.29, 0.717) is 20.8 Å². The van der Waals surface area contributed by atoms with Gasteiger partial charge in [0.2, 0.25) is 0 Å². The molecule has 142 valence electrons. The molecule has 3 aromatic carbocycles. The number of ether oxygens (including phenoxy) is 1. The molecule has 4 aromatic rings. The van der Waals surface area contributed by atoms with Gasteiger partial charge in [-0.25, -0.2) is 4.98 Å². The first kappa shape index (κ1) is 19.2. The average molecular weight is 463 g/mol. The highest BCUT2D eigenvalue weighted by atomic mass is 79.9. The van der Waals surface area contributed by atoms with E-state index in [1.807, 2.05) is 23.6 Å². The number of aromatic nitrogens is 1. The molecule has 0 atom stereocenters. The fourth-order valence-electron chi connectivity index (χ4n) is 3.02. The number of aromatic hydroxyl groups is 1. The molecule has 0 bridgehead atoms. The summed E-state index contributed by atoms with van der Waals surface area (Å²) in [5, 5.41) is 24.6. The Hall–Kier alpha value is -3.14. The molecule has 0 saturated carbocycles. The number of phenolic OH excluding ortho intramolecular Hbond substituents is 1. The van der Waals surface area contributed by atoms with Crippen molar-refractivity contribution in [2.24, 2.45) is 0 Å². The summed E-state index contributed by atoms with van der Waals surface area (Å²) >= 11 is 4.73. The Bertz CT molecular complexity index is 1290. The van der Waals surface area contributed by atoms with Crippen molar-refractivity contribution in [2.75, 3.05) is 7.11 Å². The molecule has 1 heterocycles. The number of nitrogens with zero attached hydrogens (tertiary/aromatic N) is 2. The number of allylic oxidation sites excluding steroid dienone is 1. The van der Waals surface area contributed by atoms with Crippen LogP contribution in [0.1, 0.15) is 10.6 Å². The lowest BCUT2D eigenvalue weighted by molar-refractivity contribution is 0.372. The number of rotatable bonds is 4. The number of hydrogen-bond donors (Lipinski definition) is 1. The van der Waals surface area contributed by atoms with E-state index in [2.05, 4.69) is 51.2 Å².